The number of rotatable bonds is 2. The monoisotopic (exact) mass is 327 g/mol. The first-order valence-electron chi connectivity index (χ1n) is 7.72. The molecule has 0 bridgehead atoms. The van der Waals surface area contributed by atoms with Crippen LogP contribution < -0.4 is 0 Å². The summed E-state index contributed by atoms with van der Waals surface area (Å²) in [5, 5.41) is 10.6. The number of amides is 1. The molecule has 1 N–H and O–H groups in total. The maximum Gasteiger partial charge on any atom is 0.410 e. The molecule has 1 fully saturated rings. The van der Waals surface area contributed by atoms with Gasteiger partial charge >= 0.3 is 6.09 Å². The number of hydrogen-bond acceptors (Lipinski definition) is 3. The Bertz CT molecular complexity index is 555. The van der Waals surface area contributed by atoms with E-state index in [2.05, 4.69) is 0 Å². The Labute approximate surface area is 135 Å². The zero-order valence-electron chi connectivity index (χ0n) is 13.7. The van der Waals surface area contributed by atoms with Gasteiger partial charge in [-0.2, -0.15) is 0 Å². The summed E-state index contributed by atoms with van der Waals surface area (Å²) in [7, 11) is 0. The first-order valence-corrected chi connectivity index (χ1v) is 7.72. The number of piperidine rings is 1. The molecular formula is C17H23F2NO3. The van der Waals surface area contributed by atoms with Crippen LogP contribution >= 0.6 is 0 Å². The van der Waals surface area contributed by atoms with Gasteiger partial charge in [-0.1, -0.05) is 0 Å². The number of hydrogen-bond donors (Lipinski definition) is 1. The molecule has 0 aliphatic carbocycles. The van der Waals surface area contributed by atoms with Gasteiger partial charge in [0.05, 0.1) is 5.60 Å². The average Bonchev–Trinajstić information content (AvgIpc) is 2.35. The van der Waals surface area contributed by atoms with Crippen molar-refractivity contribution in [3.63, 3.8) is 0 Å². The molecule has 0 radical (unpaired) electrons. The lowest BCUT2D eigenvalue weighted by atomic mass is 9.85. The second-order valence-corrected chi connectivity index (χ2v) is 7.15. The molecule has 0 unspecified atom stereocenters. The van der Waals surface area contributed by atoms with Gasteiger partial charge in [-0.05, 0) is 51.3 Å². The molecule has 0 aromatic heterocycles. The lowest BCUT2D eigenvalue weighted by molar-refractivity contribution is -0.0315. The smallest absolute Gasteiger partial charge is 0.410 e. The topological polar surface area (TPSA) is 49.8 Å². The van der Waals surface area contributed by atoms with Crippen LogP contribution in [0.4, 0.5) is 13.6 Å². The van der Waals surface area contributed by atoms with Crippen LogP contribution in [0.15, 0.2) is 18.2 Å². The fourth-order valence-electron chi connectivity index (χ4n) is 2.70. The molecule has 1 amide bonds. The zero-order chi connectivity index (χ0) is 17.3. The average molecular weight is 327 g/mol. The van der Waals surface area contributed by atoms with Crippen LogP contribution in [0.3, 0.4) is 0 Å². The molecular weight excluding hydrogens is 304 g/mol. The van der Waals surface area contributed by atoms with Crippen LogP contribution in [0, 0.1) is 11.6 Å². The first-order chi connectivity index (χ1) is 10.6. The maximum atomic E-state index is 13.2. The Hall–Kier alpha value is -1.69. The van der Waals surface area contributed by atoms with Crippen molar-refractivity contribution in [1.82, 2.24) is 4.90 Å². The molecule has 2 rings (SSSR count). The molecule has 1 heterocycles. The summed E-state index contributed by atoms with van der Waals surface area (Å²) >= 11 is 0. The number of ether oxygens (including phenoxy) is 1. The third kappa shape index (κ3) is 5.16. The predicted octanol–water partition coefficient (Wildman–Crippen LogP) is 3.27. The highest BCUT2D eigenvalue weighted by molar-refractivity contribution is 5.68. The Morgan fingerprint density at radius 2 is 1.74 bits per heavy atom. The van der Waals surface area contributed by atoms with Crippen molar-refractivity contribution in [3.8, 4) is 0 Å². The van der Waals surface area contributed by atoms with Crippen molar-refractivity contribution in [1.29, 1.82) is 0 Å². The Morgan fingerprint density at radius 1 is 1.22 bits per heavy atom. The molecule has 0 spiro atoms. The van der Waals surface area contributed by atoms with Crippen molar-refractivity contribution < 1.29 is 23.4 Å². The summed E-state index contributed by atoms with van der Waals surface area (Å²) in [5.74, 6) is -1.32. The molecule has 0 saturated carbocycles. The number of benzene rings is 1. The second-order valence-electron chi connectivity index (χ2n) is 7.15. The molecule has 1 saturated heterocycles. The number of carbonyl (C=O) groups is 1. The summed E-state index contributed by atoms with van der Waals surface area (Å²) in [4.78, 5) is 13.5. The number of aliphatic hydroxyl groups is 1. The normalized spacial score (nSPS) is 17.9. The van der Waals surface area contributed by atoms with E-state index in [1.807, 2.05) is 0 Å². The first kappa shape index (κ1) is 17.7. The van der Waals surface area contributed by atoms with Crippen LogP contribution in [0.1, 0.15) is 39.2 Å². The second kappa shape index (κ2) is 6.43. The van der Waals surface area contributed by atoms with Crippen molar-refractivity contribution in [3.05, 3.63) is 35.4 Å². The minimum Gasteiger partial charge on any atom is -0.444 e. The van der Waals surface area contributed by atoms with E-state index >= 15 is 0 Å². The molecule has 0 atom stereocenters. The molecule has 1 aromatic carbocycles. The van der Waals surface area contributed by atoms with Crippen molar-refractivity contribution >= 4 is 6.09 Å². The molecule has 1 aromatic rings. The largest absolute Gasteiger partial charge is 0.444 e. The fourth-order valence-corrected chi connectivity index (χ4v) is 2.70. The molecule has 1 aliphatic rings. The number of carbonyl (C=O) groups excluding carboxylic acids is 1. The van der Waals surface area contributed by atoms with Gasteiger partial charge in [0.1, 0.15) is 17.2 Å². The fraction of sp³-hybridized carbons (Fsp3) is 0.588. The van der Waals surface area contributed by atoms with Crippen LogP contribution in [0.2, 0.25) is 0 Å². The lowest BCUT2D eigenvalue weighted by Gasteiger charge is -2.38. The van der Waals surface area contributed by atoms with Crippen LogP contribution in [0.5, 0.6) is 0 Å². The third-order valence-electron chi connectivity index (χ3n) is 3.80. The highest BCUT2D eigenvalue weighted by Crippen LogP contribution is 2.28. The predicted molar refractivity (Wildman–Crippen MR) is 82.1 cm³/mol. The molecule has 23 heavy (non-hydrogen) atoms. The minimum absolute atomic E-state index is 0.157. The summed E-state index contributed by atoms with van der Waals surface area (Å²) in [5.41, 5.74) is -1.22. The zero-order valence-corrected chi connectivity index (χ0v) is 13.7. The van der Waals surface area contributed by atoms with Gasteiger partial charge in [-0.15, -0.1) is 0 Å². The van der Waals surface area contributed by atoms with Crippen molar-refractivity contribution in [2.75, 3.05) is 13.1 Å². The standard InChI is InChI=1S/C17H23F2NO3/c1-16(2,3)23-15(21)20-6-4-17(22,5-7-20)11-12-8-13(18)10-14(19)9-12/h8-10,22H,4-7,11H2,1-3H3. The van der Waals surface area contributed by atoms with Crippen LogP contribution in [-0.2, 0) is 11.2 Å². The van der Waals surface area contributed by atoms with Gasteiger partial charge < -0.3 is 14.7 Å². The van der Waals surface area contributed by atoms with Gasteiger partial charge in [-0.25, -0.2) is 13.6 Å². The van der Waals surface area contributed by atoms with E-state index in [1.165, 1.54) is 12.1 Å². The van der Waals surface area contributed by atoms with E-state index < -0.39 is 28.9 Å². The maximum absolute atomic E-state index is 13.2. The summed E-state index contributed by atoms with van der Waals surface area (Å²) in [6.45, 7) is 6.09. The van der Waals surface area contributed by atoms with Gasteiger partial charge in [0.2, 0.25) is 0 Å². The Balaban J connectivity index is 1.95. The Morgan fingerprint density at radius 3 is 2.22 bits per heavy atom. The van der Waals surface area contributed by atoms with Gasteiger partial charge in [0, 0.05) is 25.6 Å². The summed E-state index contributed by atoms with van der Waals surface area (Å²) in [6.07, 6.45) is 0.426. The highest BCUT2D eigenvalue weighted by Gasteiger charge is 2.35. The lowest BCUT2D eigenvalue weighted by Crippen LogP contribution is -2.49. The van der Waals surface area contributed by atoms with Gasteiger partial charge in [0.25, 0.3) is 0 Å². The van der Waals surface area contributed by atoms with E-state index in [4.69, 9.17) is 4.74 Å². The number of likely N-dealkylation sites (tertiary alicyclic amines) is 1. The van der Waals surface area contributed by atoms with Crippen molar-refractivity contribution in [2.24, 2.45) is 0 Å². The van der Waals surface area contributed by atoms with Gasteiger partial charge in [-0.3, -0.25) is 0 Å². The minimum atomic E-state index is -1.07. The van der Waals surface area contributed by atoms with E-state index in [-0.39, 0.29) is 6.42 Å². The SMILES string of the molecule is CC(C)(C)OC(=O)N1CCC(O)(Cc2cc(F)cc(F)c2)CC1. The van der Waals surface area contributed by atoms with E-state index in [0.717, 1.165) is 6.07 Å². The molecule has 6 heteroatoms. The van der Waals surface area contributed by atoms with Gasteiger partial charge in [0.15, 0.2) is 0 Å². The molecule has 1 aliphatic heterocycles. The van der Waals surface area contributed by atoms with E-state index in [9.17, 15) is 18.7 Å². The Kier molecular flexibility index (Phi) is 4.94. The van der Waals surface area contributed by atoms with Crippen molar-refractivity contribution in [2.45, 2.75) is 51.2 Å². The quantitative estimate of drug-likeness (QED) is 0.907. The third-order valence-corrected chi connectivity index (χ3v) is 3.80. The molecule has 4 nitrogen and oxygen atoms in total. The van der Waals surface area contributed by atoms with E-state index in [0.29, 0.717) is 31.5 Å². The highest BCUT2D eigenvalue weighted by atomic mass is 19.1. The summed E-state index contributed by atoms with van der Waals surface area (Å²) < 4.78 is 31.8. The summed E-state index contributed by atoms with van der Waals surface area (Å²) in [6, 6.07) is 3.25. The van der Waals surface area contributed by atoms with E-state index in [1.54, 1.807) is 25.7 Å². The number of nitrogens with zero attached hydrogens (tertiary/aromatic N) is 1. The number of halogens is 2. The van der Waals surface area contributed by atoms with Crippen LogP contribution in [-0.4, -0.2) is 40.4 Å². The molecule has 128 valence electrons. The van der Waals surface area contributed by atoms with Crippen LogP contribution in [0.25, 0.3) is 0 Å².